The first-order valence-corrected chi connectivity index (χ1v) is 10.9. The van der Waals surface area contributed by atoms with Crippen LogP contribution in [0.2, 0.25) is 0 Å². The lowest BCUT2D eigenvalue weighted by Crippen LogP contribution is -2.51. The van der Waals surface area contributed by atoms with Crippen LogP contribution in [0.5, 0.6) is 0 Å². The van der Waals surface area contributed by atoms with Crippen molar-refractivity contribution in [3.63, 3.8) is 0 Å². The molecule has 0 radical (unpaired) electrons. The molecule has 0 spiro atoms. The van der Waals surface area contributed by atoms with E-state index in [1.54, 1.807) is 0 Å². The van der Waals surface area contributed by atoms with Crippen molar-refractivity contribution in [2.75, 3.05) is 12.8 Å². The zero-order chi connectivity index (χ0) is 19.2. The van der Waals surface area contributed by atoms with Crippen molar-refractivity contribution < 1.29 is 17.9 Å². The van der Waals surface area contributed by atoms with E-state index >= 15 is 0 Å². The Bertz CT molecular complexity index is 1020. The maximum Gasteiger partial charge on any atom is 0.211 e. The van der Waals surface area contributed by atoms with Crippen LogP contribution in [-0.2, 0) is 16.6 Å². The van der Waals surface area contributed by atoms with Gasteiger partial charge in [0.15, 0.2) is 0 Å². The molecule has 1 aliphatic rings. The summed E-state index contributed by atoms with van der Waals surface area (Å²) in [5, 5.41) is 12.9. The quantitative estimate of drug-likeness (QED) is 0.704. The van der Waals surface area contributed by atoms with Crippen LogP contribution in [0.4, 0.5) is 4.39 Å². The normalized spacial score (nSPS) is 21.6. The molecule has 1 saturated carbocycles. The molecule has 1 unspecified atom stereocenters. The number of nitrogens with zero attached hydrogens (tertiary/aromatic N) is 2. The Morgan fingerprint density at radius 3 is 2.11 bits per heavy atom. The number of aromatic nitrogens is 1. The van der Waals surface area contributed by atoms with Crippen molar-refractivity contribution in [3.8, 4) is 0 Å². The highest BCUT2D eigenvalue weighted by molar-refractivity contribution is 7.88. The van der Waals surface area contributed by atoms with E-state index in [9.17, 15) is 17.9 Å². The zero-order valence-electron chi connectivity index (χ0n) is 15.1. The molecule has 5 nitrogen and oxygen atoms in total. The summed E-state index contributed by atoms with van der Waals surface area (Å²) in [6.45, 7) is 0.239. The third kappa shape index (κ3) is 3.47. The highest BCUT2D eigenvalue weighted by atomic mass is 32.2. The molecule has 1 aromatic heterocycles. The second kappa shape index (κ2) is 6.89. The van der Waals surface area contributed by atoms with Gasteiger partial charge >= 0.3 is 0 Å². The van der Waals surface area contributed by atoms with Crippen LogP contribution in [0.25, 0.3) is 21.8 Å². The van der Waals surface area contributed by atoms with E-state index in [-0.39, 0.29) is 32.0 Å². The van der Waals surface area contributed by atoms with Gasteiger partial charge in [-0.25, -0.2) is 12.8 Å². The molecule has 0 aliphatic heterocycles. The molecule has 1 aliphatic carbocycles. The molecule has 27 heavy (non-hydrogen) atoms. The number of sulfonamides is 1. The van der Waals surface area contributed by atoms with Gasteiger partial charge in [-0.2, -0.15) is 4.31 Å². The maximum absolute atomic E-state index is 13.2. The fourth-order valence-electron chi connectivity index (χ4n) is 3.99. The van der Waals surface area contributed by atoms with Crippen molar-refractivity contribution >= 4 is 31.8 Å². The van der Waals surface area contributed by atoms with E-state index < -0.39 is 22.3 Å². The van der Waals surface area contributed by atoms with Crippen molar-refractivity contribution in [1.82, 2.24) is 8.87 Å². The molecule has 3 aromatic rings. The molecule has 4 rings (SSSR count). The number of para-hydroxylation sites is 2. The lowest BCUT2D eigenvalue weighted by molar-refractivity contribution is 0.0642. The molecule has 1 N–H and O–H groups in total. The number of aliphatic hydroxyl groups is 1. The van der Waals surface area contributed by atoms with Crippen molar-refractivity contribution in [2.45, 2.75) is 37.7 Å². The first-order chi connectivity index (χ1) is 12.8. The Morgan fingerprint density at radius 1 is 1.11 bits per heavy atom. The summed E-state index contributed by atoms with van der Waals surface area (Å²) in [6, 6.07) is 15.6. The average Bonchev–Trinajstić information content (AvgIpc) is 2.91. The highest BCUT2D eigenvalue weighted by Gasteiger charge is 2.38. The first-order valence-electron chi connectivity index (χ1n) is 9.09. The molecule has 1 heterocycles. The van der Waals surface area contributed by atoms with Crippen molar-refractivity contribution in [2.24, 2.45) is 0 Å². The van der Waals surface area contributed by atoms with Gasteiger partial charge in [-0.1, -0.05) is 36.4 Å². The Morgan fingerprint density at radius 2 is 1.63 bits per heavy atom. The number of hydrogen-bond acceptors (Lipinski definition) is 3. The molecule has 1 fully saturated rings. The molecular weight excluding hydrogens is 367 g/mol. The Hall–Kier alpha value is -1.96. The predicted molar refractivity (Wildman–Crippen MR) is 105 cm³/mol. The summed E-state index contributed by atoms with van der Waals surface area (Å²) in [5.74, 6) is 0. The zero-order valence-corrected chi connectivity index (χ0v) is 15.9. The van der Waals surface area contributed by atoms with Crippen LogP contribution in [0.1, 0.15) is 12.8 Å². The predicted octanol–water partition coefficient (Wildman–Crippen LogP) is 2.92. The summed E-state index contributed by atoms with van der Waals surface area (Å²) in [4.78, 5) is 0. The first kappa shape index (κ1) is 18.4. The molecule has 0 amide bonds. The fourth-order valence-corrected chi connectivity index (χ4v) is 5.14. The maximum atomic E-state index is 13.2. The van der Waals surface area contributed by atoms with Crippen LogP contribution >= 0.6 is 0 Å². The summed E-state index contributed by atoms with van der Waals surface area (Å²) >= 11 is 0. The molecule has 0 saturated heterocycles. The minimum absolute atomic E-state index is 0.0307. The highest BCUT2D eigenvalue weighted by Crippen LogP contribution is 2.31. The van der Waals surface area contributed by atoms with E-state index in [4.69, 9.17) is 0 Å². The molecule has 144 valence electrons. The van der Waals surface area contributed by atoms with Gasteiger partial charge in [0.25, 0.3) is 0 Å². The van der Waals surface area contributed by atoms with Crippen LogP contribution < -0.4 is 0 Å². The molecular formula is C20H23FN2O3S. The molecule has 1 atom stereocenters. The SMILES string of the molecule is CS(=O)(=O)N(CC(O)Cn1c2ccccc2c2ccccc21)C1CC(F)C1. The molecule has 7 heteroatoms. The van der Waals surface area contributed by atoms with Gasteiger partial charge in [0.1, 0.15) is 6.17 Å². The van der Waals surface area contributed by atoms with Gasteiger partial charge in [0, 0.05) is 34.4 Å². The number of rotatable bonds is 6. The monoisotopic (exact) mass is 390 g/mol. The number of hydrogen-bond donors (Lipinski definition) is 1. The largest absolute Gasteiger partial charge is 0.390 e. The van der Waals surface area contributed by atoms with E-state index in [0.29, 0.717) is 0 Å². The fraction of sp³-hybridized carbons (Fsp3) is 0.400. The number of aliphatic hydroxyl groups excluding tert-OH is 1. The van der Waals surface area contributed by atoms with Crippen LogP contribution in [0, 0.1) is 0 Å². The molecule has 2 aromatic carbocycles. The lowest BCUT2D eigenvalue weighted by Gasteiger charge is -2.38. The standard InChI is InChI=1S/C20H23FN2O3S/c1-27(25,26)23(15-10-14(21)11-15)13-16(24)12-22-19-8-4-2-6-17(19)18-7-3-5-9-20(18)22/h2-9,14-16,24H,10-13H2,1H3. The van der Waals surface area contributed by atoms with E-state index in [1.807, 2.05) is 53.1 Å². The minimum atomic E-state index is -3.51. The topological polar surface area (TPSA) is 62.5 Å². The third-order valence-electron chi connectivity index (χ3n) is 5.35. The number of alkyl halides is 1. The minimum Gasteiger partial charge on any atom is -0.390 e. The van der Waals surface area contributed by atoms with E-state index in [1.165, 1.54) is 4.31 Å². The van der Waals surface area contributed by atoms with Gasteiger partial charge in [-0.05, 0) is 25.0 Å². The molecule has 0 bridgehead atoms. The van der Waals surface area contributed by atoms with Gasteiger partial charge in [-0.3, -0.25) is 0 Å². The third-order valence-corrected chi connectivity index (χ3v) is 6.65. The van der Waals surface area contributed by atoms with Gasteiger partial charge in [0.05, 0.1) is 18.9 Å². The summed E-state index contributed by atoms with van der Waals surface area (Å²) in [5.41, 5.74) is 1.99. The van der Waals surface area contributed by atoms with Crippen LogP contribution in [-0.4, -0.2) is 53.5 Å². The summed E-state index contributed by atoms with van der Waals surface area (Å²) in [6.07, 6.45) is -0.317. The van der Waals surface area contributed by atoms with Crippen molar-refractivity contribution in [1.29, 1.82) is 0 Å². The van der Waals surface area contributed by atoms with E-state index in [0.717, 1.165) is 28.1 Å². The summed E-state index contributed by atoms with van der Waals surface area (Å²) < 4.78 is 40.7. The van der Waals surface area contributed by atoms with Crippen molar-refractivity contribution in [3.05, 3.63) is 48.5 Å². The van der Waals surface area contributed by atoms with Crippen LogP contribution in [0.3, 0.4) is 0 Å². The number of halogens is 1. The summed E-state index contributed by atoms with van der Waals surface area (Å²) in [7, 11) is -3.51. The number of fused-ring (bicyclic) bond motifs is 3. The van der Waals surface area contributed by atoms with Crippen LogP contribution in [0.15, 0.2) is 48.5 Å². The lowest BCUT2D eigenvalue weighted by atomic mass is 9.90. The second-order valence-corrected chi connectivity index (χ2v) is 9.29. The van der Waals surface area contributed by atoms with E-state index in [2.05, 4.69) is 0 Å². The smallest absolute Gasteiger partial charge is 0.211 e. The number of benzene rings is 2. The Kier molecular flexibility index (Phi) is 4.70. The van der Waals surface area contributed by atoms with Gasteiger partial charge < -0.3 is 9.67 Å². The second-order valence-electron chi connectivity index (χ2n) is 7.35. The van der Waals surface area contributed by atoms with Gasteiger partial charge in [0.2, 0.25) is 10.0 Å². The van der Waals surface area contributed by atoms with Gasteiger partial charge in [-0.15, -0.1) is 0 Å². The Labute approximate surface area is 158 Å². The Balaban J connectivity index is 1.63. The average molecular weight is 390 g/mol.